The summed E-state index contributed by atoms with van der Waals surface area (Å²) >= 11 is 0. The molecule has 2 N–H and O–H groups in total. The van der Waals surface area contributed by atoms with Crippen LogP contribution in [0.2, 0.25) is 0 Å². The molecule has 0 aliphatic rings. The summed E-state index contributed by atoms with van der Waals surface area (Å²) < 4.78 is 0. The van der Waals surface area contributed by atoms with E-state index in [-0.39, 0.29) is 0 Å². The predicted molar refractivity (Wildman–Crippen MR) is 86.8 cm³/mol. The van der Waals surface area contributed by atoms with Gasteiger partial charge < -0.3 is 15.5 Å². The molecule has 0 unspecified atom stereocenters. The largest absolute Gasteiger partial charge is 0.357 e. The van der Waals surface area contributed by atoms with E-state index < -0.39 is 0 Å². The van der Waals surface area contributed by atoms with E-state index >= 15 is 0 Å². The lowest BCUT2D eigenvalue weighted by molar-refractivity contribution is 0.402. The second-order valence-corrected chi connectivity index (χ2v) is 4.92. The molecule has 4 nitrogen and oxygen atoms in total. The van der Waals surface area contributed by atoms with Gasteiger partial charge in [-0.05, 0) is 32.1 Å². The second-order valence-electron chi connectivity index (χ2n) is 4.92. The van der Waals surface area contributed by atoms with Gasteiger partial charge in [-0.15, -0.1) is 6.58 Å². The SMILES string of the molecule is C=CCNC(=NCc1ccc(CN(C)C)cc1)NCC. The lowest BCUT2D eigenvalue weighted by Crippen LogP contribution is -2.37. The Bertz CT molecular complexity index is 421. The third-order valence-corrected chi connectivity index (χ3v) is 2.70. The fourth-order valence-corrected chi connectivity index (χ4v) is 1.80. The number of nitrogens with one attached hydrogen (secondary N) is 2. The van der Waals surface area contributed by atoms with Crippen LogP contribution < -0.4 is 10.6 Å². The van der Waals surface area contributed by atoms with Crippen molar-refractivity contribution in [3.63, 3.8) is 0 Å². The number of nitrogens with zero attached hydrogens (tertiary/aromatic N) is 2. The summed E-state index contributed by atoms with van der Waals surface area (Å²) in [7, 11) is 4.15. The van der Waals surface area contributed by atoms with E-state index in [1.807, 2.05) is 6.08 Å². The molecule has 0 fully saturated rings. The molecule has 0 aliphatic heterocycles. The van der Waals surface area contributed by atoms with Crippen LogP contribution in [0.5, 0.6) is 0 Å². The molecular weight excluding hydrogens is 248 g/mol. The Hall–Kier alpha value is -1.81. The van der Waals surface area contributed by atoms with E-state index in [0.717, 1.165) is 19.0 Å². The van der Waals surface area contributed by atoms with E-state index in [1.165, 1.54) is 11.1 Å². The van der Waals surface area contributed by atoms with Gasteiger partial charge in [0.2, 0.25) is 0 Å². The van der Waals surface area contributed by atoms with Crippen LogP contribution in [-0.2, 0) is 13.1 Å². The molecule has 0 bridgehead atoms. The average Bonchev–Trinajstić information content (AvgIpc) is 2.43. The Morgan fingerprint density at radius 2 is 1.85 bits per heavy atom. The number of aliphatic imine (C=N–C) groups is 1. The first-order chi connectivity index (χ1) is 9.65. The minimum Gasteiger partial charge on any atom is -0.357 e. The zero-order valence-corrected chi connectivity index (χ0v) is 12.8. The highest BCUT2D eigenvalue weighted by Crippen LogP contribution is 2.07. The standard InChI is InChI=1S/C16H26N4/c1-5-11-18-16(17-6-2)19-12-14-7-9-15(10-8-14)13-20(3)4/h5,7-10H,1,6,11-13H2,2-4H3,(H2,17,18,19). The normalized spacial score (nSPS) is 11.5. The molecule has 1 aromatic rings. The van der Waals surface area contributed by atoms with Gasteiger partial charge >= 0.3 is 0 Å². The maximum atomic E-state index is 4.55. The Morgan fingerprint density at radius 1 is 1.20 bits per heavy atom. The topological polar surface area (TPSA) is 39.7 Å². The van der Waals surface area contributed by atoms with E-state index in [2.05, 4.69) is 72.4 Å². The van der Waals surface area contributed by atoms with Gasteiger partial charge in [-0.25, -0.2) is 4.99 Å². The average molecular weight is 274 g/mol. The minimum absolute atomic E-state index is 0.675. The molecule has 0 aliphatic carbocycles. The van der Waals surface area contributed by atoms with Crippen LogP contribution in [0.15, 0.2) is 41.9 Å². The van der Waals surface area contributed by atoms with Gasteiger partial charge in [0.15, 0.2) is 5.96 Å². The molecule has 1 rings (SSSR count). The summed E-state index contributed by atoms with van der Waals surface area (Å²) in [6, 6.07) is 8.60. The third-order valence-electron chi connectivity index (χ3n) is 2.70. The monoisotopic (exact) mass is 274 g/mol. The zero-order valence-electron chi connectivity index (χ0n) is 12.8. The molecular formula is C16H26N4. The molecule has 20 heavy (non-hydrogen) atoms. The summed E-state index contributed by atoms with van der Waals surface area (Å²) in [4.78, 5) is 6.71. The highest BCUT2D eigenvalue weighted by atomic mass is 15.2. The lowest BCUT2D eigenvalue weighted by Gasteiger charge is -2.11. The minimum atomic E-state index is 0.675. The Balaban J connectivity index is 2.59. The van der Waals surface area contributed by atoms with Crippen molar-refractivity contribution in [3.8, 4) is 0 Å². The van der Waals surface area contributed by atoms with Gasteiger partial charge in [0.05, 0.1) is 6.54 Å². The summed E-state index contributed by atoms with van der Waals surface area (Å²) in [5, 5.41) is 6.40. The van der Waals surface area contributed by atoms with Crippen molar-refractivity contribution in [2.75, 3.05) is 27.2 Å². The molecule has 0 aromatic heterocycles. The van der Waals surface area contributed by atoms with Crippen molar-refractivity contribution in [1.82, 2.24) is 15.5 Å². The number of hydrogen-bond donors (Lipinski definition) is 2. The van der Waals surface area contributed by atoms with E-state index in [9.17, 15) is 0 Å². The molecule has 0 radical (unpaired) electrons. The van der Waals surface area contributed by atoms with Crippen LogP contribution in [0, 0.1) is 0 Å². The molecule has 0 saturated heterocycles. The van der Waals surface area contributed by atoms with Gasteiger partial charge in [-0.1, -0.05) is 30.3 Å². The first kappa shape index (κ1) is 16.2. The van der Waals surface area contributed by atoms with E-state index in [0.29, 0.717) is 13.1 Å². The quantitative estimate of drug-likeness (QED) is 0.454. The van der Waals surface area contributed by atoms with Crippen LogP contribution in [-0.4, -0.2) is 38.0 Å². The van der Waals surface area contributed by atoms with Crippen LogP contribution >= 0.6 is 0 Å². The Labute approximate surface area is 122 Å². The van der Waals surface area contributed by atoms with Crippen LogP contribution in [0.1, 0.15) is 18.1 Å². The lowest BCUT2D eigenvalue weighted by atomic mass is 10.1. The highest BCUT2D eigenvalue weighted by molar-refractivity contribution is 5.79. The van der Waals surface area contributed by atoms with Crippen molar-refractivity contribution in [1.29, 1.82) is 0 Å². The number of hydrogen-bond acceptors (Lipinski definition) is 2. The zero-order chi connectivity index (χ0) is 14.8. The van der Waals surface area contributed by atoms with Crippen molar-refractivity contribution in [2.45, 2.75) is 20.0 Å². The van der Waals surface area contributed by atoms with Crippen molar-refractivity contribution >= 4 is 5.96 Å². The van der Waals surface area contributed by atoms with Gasteiger partial charge in [0.25, 0.3) is 0 Å². The van der Waals surface area contributed by atoms with Gasteiger partial charge in [0, 0.05) is 19.6 Å². The molecule has 1 aromatic carbocycles. The molecule has 110 valence electrons. The molecule has 0 heterocycles. The first-order valence-corrected chi connectivity index (χ1v) is 7.01. The number of rotatable bonds is 7. The number of benzene rings is 1. The fourth-order valence-electron chi connectivity index (χ4n) is 1.80. The fraction of sp³-hybridized carbons (Fsp3) is 0.438. The van der Waals surface area contributed by atoms with Gasteiger partial charge in [-0.2, -0.15) is 0 Å². The van der Waals surface area contributed by atoms with Gasteiger partial charge in [0.1, 0.15) is 0 Å². The molecule has 0 amide bonds. The third kappa shape index (κ3) is 6.38. The molecule has 0 saturated carbocycles. The molecule has 4 heteroatoms. The number of guanidine groups is 1. The van der Waals surface area contributed by atoms with Crippen molar-refractivity contribution < 1.29 is 0 Å². The predicted octanol–water partition coefficient (Wildman–Crippen LogP) is 1.99. The van der Waals surface area contributed by atoms with E-state index in [1.54, 1.807) is 0 Å². The Morgan fingerprint density at radius 3 is 2.40 bits per heavy atom. The van der Waals surface area contributed by atoms with E-state index in [4.69, 9.17) is 0 Å². The Kier molecular flexibility index (Phi) is 7.43. The van der Waals surface area contributed by atoms with Crippen LogP contribution in [0.4, 0.5) is 0 Å². The maximum Gasteiger partial charge on any atom is 0.191 e. The van der Waals surface area contributed by atoms with Crippen molar-refractivity contribution in [2.24, 2.45) is 4.99 Å². The second kappa shape index (κ2) is 9.15. The van der Waals surface area contributed by atoms with Crippen LogP contribution in [0.25, 0.3) is 0 Å². The van der Waals surface area contributed by atoms with Crippen LogP contribution in [0.3, 0.4) is 0 Å². The summed E-state index contributed by atoms with van der Waals surface area (Å²) in [6.07, 6.45) is 1.82. The molecule has 0 atom stereocenters. The first-order valence-electron chi connectivity index (χ1n) is 7.01. The van der Waals surface area contributed by atoms with Crippen molar-refractivity contribution in [3.05, 3.63) is 48.0 Å². The maximum absolute atomic E-state index is 4.55. The smallest absolute Gasteiger partial charge is 0.191 e. The van der Waals surface area contributed by atoms with Gasteiger partial charge in [-0.3, -0.25) is 0 Å². The summed E-state index contributed by atoms with van der Waals surface area (Å²) in [6.45, 7) is 8.96. The summed E-state index contributed by atoms with van der Waals surface area (Å²) in [5.41, 5.74) is 2.53. The summed E-state index contributed by atoms with van der Waals surface area (Å²) in [5.74, 6) is 0.824. The molecule has 0 spiro atoms. The highest BCUT2D eigenvalue weighted by Gasteiger charge is 1.98.